The zero-order valence-corrected chi connectivity index (χ0v) is 12.6. The molecule has 1 amide bonds. The van der Waals surface area contributed by atoms with Gasteiger partial charge in [-0.2, -0.15) is 4.98 Å². The molecule has 1 aliphatic rings. The average Bonchev–Trinajstić information content (AvgIpc) is 2.45. The van der Waals surface area contributed by atoms with Crippen molar-refractivity contribution >= 4 is 23.3 Å². The van der Waals surface area contributed by atoms with Crippen LogP contribution in [0.4, 0.5) is 5.82 Å². The van der Waals surface area contributed by atoms with Crippen LogP contribution in [0.3, 0.4) is 0 Å². The number of anilines is 1. The van der Waals surface area contributed by atoms with Crippen molar-refractivity contribution < 1.29 is 9.53 Å². The highest BCUT2D eigenvalue weighted by molar-refractivity contribution is 6.33. The van der Waals surface area contributed by atoms with Crippen LogP contribution in [0.1, 0.15) is 55.8 Å². The molecule has 0 radical (unpaired) electrons. The van der Waals surface area contributed by atoms with Gasteiger partial charge in [0.1, 0.15) is 11.4 Å². The van der Waals surface area contributed by atoms with Crippen molar-refractivity contribution in [2.75, 3.05) is 12.3 Å². The van der Waals surface area contributed by atoms with Gasteiger partial charge >= 0.3 is 0 Å². The van der Waals surface area contributed by atoms with E-state index in [2.05, 4.69) is 4.98 Å². The number of rotatable bonds is 3. The number of carbonyl (C=O) groups excluding carboxylic acids is 1. The molecule has 4 N–H and O–H groups in total. The van der Waals surface area contributed by atoms with Crippen molar-refractivity contribution in [3.8, 4) is 5.88 Å². The van der Waals surface area contributed by atoms with E-state index in [-0.39, 0.29) is 22.3 Å². The number of aromatic nitrogens is 1. The number of carbonyl (C=O) groups is 1. The lowest BCUT2D eigenvalue weighted by molar-refractivity contribution is 0.0996. The lowest BCUT2D eigenvalue weighted by Gasteiger charge is -2.07. The van der Waals surface area contributed by atoms with Crippen molar-refractivity contribution in [1.29, 1.82) is 0 Å². The van der Waals surface area contributed by atoms with E-state index >= 15 is 0 Å². The number of pyridine rings is 1. The number of amides is 1. The second-order valence-corrected chi connectivity index (χ2v) is 5.03. The SMILES string of the molecule is C1CCCCC1.CCOc1nc(N)c(Cl)cc1C(N)=O. The number of nitrogens with two attached hydrogens (primary N) is 2. The number of nitrogen functional groups attached to an aromatic ring is 1. The summed E-state index contributed by atoms with van der Waals surface area (Å²) in [5.41, 5.74) is 10.7. The summed E-state index contributed by atoms with van der Waals surface area (Å²) in [4.78, 5) is 14.8. The molecule has 1 heterocycles. The third-order valence-corrected chi connectivity index (χ3v) is 3.32. The molecule has 5 nitrogen and oxygen atoms in total. The van der Waals surface area contributed by atoms with Gasteiger partial charge in [0.2, 0.25) is 5.88 Å². The van der Waals surface area contributed by atoms with Crippen LogP contribution in [0.15, 0.2) is 6.07 Å². The summed E-state index contributed by atoms with van der Waals surface area (Å²) in [7, 11) is 0. The maximum atomic E-state index is 11.0. The molecular formula is C14H22ClN3O2. The Morgan fingerprint density at radius 3 is 2.20 bits per heavy atom. The fourth-order valence-electron chi connectivity index (χ4n) is 1.97. The maximum absolute atomic E-state index is 11.0. The van der Waals surface area contributed by atoms with E-state index in [0.717, 1.165) is 0 Å². The van der Waals surface area contributed by atoms with Gasteiger partial charge in [0.25, 0.3) is 5.91 Å². The highest BCUT2D eigenvalue weighted by Crippen LogP contribution is 2.24. The van der Waals surface area contributed by atoms with E-state index in [4.69, 9.17) is 27.8 Å². The van der Waals surface area contributed by atoms with Gasteiger partial charge in [-0.25, -0.2) is 0 Å². The number of halogens is 1. The zero-order chi connectivity index (χ0) is 15.0. The molecule has 0 aromatic carbocycles. The Balaban J connectivity index is 0.000000276. The number of nitrogens with zero attached hydrogens (tertiary/aromatic N) is 1. The monoisotopic (exact) mass is 299 g/mol. The molecule has 1 aliphatic carbocycles. The summed E-state index contributed by atoms with van der Waals surface area (Å²) in [6, 6.07) is 1.34. The van der Waals surface area contributed by atoms with Gasteiger partial charge in [-0.15, -0.1) is 0 Å². The normalized spacial score (nSPS) is 14.1. The average molecular weight is 300 g/mol. The zero-order valence-electron chi connectivity index (χ0n) is 11.8. The second-order valence-electron chi connectivity index (χ2n) is 4.63. The molecule has 0 bridgehead atoms. The van der Waals surface area contributed by atoms with Crippen LogP contribution in [0.5, 0.6) is 5.88 Å². The lowest BCUT2D eigenvalue weighted by Crippen LogP contribution is -2.14. The van der Waals surface area contributed by atoms with Crippen LogP contribution in [-0.2, 0) is 0 Å². The van der Waals surface area contributed by atoms with Crippen LogP contribution in [0.25, 0.3) is 0 Å². The molecule has 2 rings (SSSR count). The molecule has 112 valence electrons. The van der Waals surface area contributed by atoms with E-state index in [9.17, 15) is 4.79 Å². The Bertz CT molecular complexity index is 437. The van der Waals surface area contributed by atoms with Crippen molar-refractivity contribution in [3.63, 3.8) is 0 Å². The number of primary amides is 1. The predicted molar refractivity (Wildman–Crippen MR) is 81.0 cm³/mol. The van der Waals surface area contributed by atoms with E-state index in [0.29, 0.717) is 6.61 Å². The van der Waals surface area contributed by atoms with E-state index < -0.39 is 5.91 Å². The molecular weight excluding hydrogens is 278 g/mol. The minimum Gasteiger partial charge on any atom is -0.477 e. The van der Waals surface area contributed by atoms with Crippen molar-refractivity contribution in [3.05, 3.63) is 16.7 Å². The molecule has 0 aliphatic heterocycles. The molecule has 1 aromatic heterocycles. The standard InChI is InChI=1S/C8H10ClN3O2.C6H12/c1-2-14-8-4(7(11)13)3-5(9)6(10)12-8;1-2-4-6-5-3-1/h3H,2H2,1H3,(H2,10,12)(H2,11,13);1-6H2. The van der Waals surface area contributed by atoms with Crippen LogP contribution in [0, 0.1) is 0 Å². The minimum absolute atomic E-state index is 0.111. The van der Waals surface area contributed by atoms with Crippen molar-refractivity contribution in [1.82, 2.24) is 4.98 Å². The third-order valence-electron chi connectivity index (χ3n) is 3.01. The van der Waals surface area contributed by atoms with Gasteiger partial charge in [0, 0.05) is 0 Å². The molecule has 1 aromatic rings. The molecule has 0 saturated heterocycles. The number of hydrogen-bond acceptors (Lipinski definition) is 4. The first-order valence-electron chi connectivity index (χ1n) is 6.94. The van der Waals surface area contributed by atoms with Gasteiger partial charge in [-0.1, -0.05) is 50.1 Å². The third kappa shape index (κ3) is 5.25. The summed E-state index contributed by atoms with van der Waals surface area (Å²) >= 11 is 5.68. The molecule has 0 spiro atoms. The minimum atomic E-state index is -0.650. The Kier molecular flexibility index (Phi) is 7.15. The van der Waals surface area contributed by atoms with Gasteiger partial charge in [-0.05, 0) is 13.0 Å². The van der Waals surface area contributed by atoms with E-state index in [1.165, 1.54) is 44.6 Å². The van der Waals surface area contributed by atoms with Crippen LogP contribution in [0.2, 0.25) is 5.02 Å². The van der Waals surface area contributed by atoms with Crippen molar-refractivity contribution in [2.24, 2.45) is 5.73 Å². The summed E-state index contributed by atoms with van der Waals surface area (Å²) in [6.45, 7) is 2.13. The fourth-order valence-corrected chi connectivity index (χ4v) is 2.12. The van der Waals surface area contributed by atoms with Crippen LogP contribution in [-0.4, -0.2) is 17.5 Å². The topological polar surface area (TPSA) is 91.2 Å². The van der Waals surface area contributed by atoms with Crippen molar-refractivity contribution in [2.45, 2.75) is 45.4 Å². The lowest BCUT2D eigenvalue weighted by atomic mass is 10.0. The van der Waals surface area contributed by atoms with Crippen LogP contribution >= 0.6 is 11.6 Å². The summed E-state index contributed by atoms with van der Waals surface area (Å²) in [6.07, 6.45) is 9.00. The quantitative estimate of drug-likeness (QED) is 0.897. The smallest absolute Gasteiger partial charge is 0.254 e. The van der Waals surface area contributed by atoms with Crippen LogP contribution < -0.4 is 16.2 Å². The van der Waals surface area contributed by atoms with Gasteiger partial charge in [0.05, 0.1) is 11.6 Å². The molecule has 1 fully saturated rings. The van der Waals surface area contributed by atoms with Gasteiger partial charge in [0.15, 0.2) is 0 Å². The van der Waals surface area contributed by atoms with E-state index in [1.54, 1.807) is 6.92 Å². The highest BCUT2D eigenvalue weighted by atomic mass is 35.5. The Labute approximate surface area is 124 Å². The summed E-state index contributed by atoms with van der Waals surface area (Å²) < 4.78 is 5.08. The van der Waals surface area contributed by atoms with E-state index in [1.807, 2.05) is 0 Å². The first-order valence-corrected chi connectivity index (χ1v) is 7.32. The number of hydrogen-bond donors (Lipinski definition) is 2. The first-order chi connectivity index (χ1) is 9.56. The Morgan fingerprint density at radius 1 is 1.30 bits per heavy atom. The first kappa shape index (κ1) is 16.6. The highest BCUT2D eigenvalue weighted by Gasteiger charge is 2.13. The number of ether oxygens (including phenoxy) is 1. The maximum Gasteiger partial charge on any atom is 0.254 e. The van der Waals surface area contributed by atoms with Gasteiger partial charge < -0.3 is 16.2 Å². The Morgan fingerprint density at radius 2 is 1.80 bits per heavy atom. The largest absolute Gasteiger partial charge is 0.477 e. The molecule has 1 saturated carbocycles. The predicted octanol–water partition coefficient (Wildman–Crippen LogP) is 3.16. The van der Waals surface area contributed by atoms with Gasteiger partial charge in [-0.3, -0.25) is 4.79 Å². The molecule has 6 heteroatoms. The summed E-state index contributed by atoms with van der Waals surface area (Å²) in [5, 5.41) is 0.183. The fraction of sp³-hybridized carbons (Fsp3) is 0.571. The molecule has 0 unspecified atom stereocenters. The molecule has 20 heavy (non-hydrogen) atoms. The Hall–Kier alpha value is -1.49. The molecule has 0 atom stereocenters. The summed E-state index contributed by atoms with van der Waals surface area (Å²) in [5.74, 6) is -0.426. The second kappa shape index (κ2) is 8.64.